The van der Waals surface area contributed by atoms with Crippen molar-refractivity contribution in [3.63, 3.8) is 0 Å². The van der Waals surface area contributed by atoms with E-state index in [2.05, 4.69) is 33.9 Å². The number of hydrogen-bond donors (Lipinski definition) is 1. The van der Waals surface area contributed by atoms with E-state index in [0.29, 0.717) is 16.6 Å². The average Bonchev–Trinajstić information content (AvgIpc) is 2.68. The van der Waals surface area contributed by atoms with Crippen LogP contribution in [0.1, 0.15) is 38.2 Å². The van der Waals surface area contributed by atoms with Gasteiger partial charge >= 0.3 is 0 Å². The van der Waals surface area contributed by atoms with Crippen LogP contribution in [-0.2, 0) is 4.79 Å². The third-order valence-corrected chi connectivity index (χ3v) is 5.40. The van der Waals surface area contributed by atoms with Gasteiger partial charge < -0.3 is 10.2 Å². The third-order valence-electron chi connectivity index (χ3n) is 5.07. The molecular formula is C21H28ClN5O. The molecule has 0 aliphatic carbocycles. The van der Waals surface area contributed by atoms with Crippen LogP contribution in [0.15, 0.2) is 30.3 Å². The van der Waals surface area contributed by atoms with Crippen molar-refractivity contribution in [3.05, 3.63) is 46.9 Å². The molecule has 1 aromatic carbocycles. The highest BCUT2D eigenvalue weighted by molar-refractivity contribution is 6.33. The molecule has 0 unspecified atom stereocenters. The maximum Gasteiger partial charge on any atom is 0.241 e. The SMILES string of the molecule is Cc1cc(N2CCN([C@H](C)C(=O)Nc3ccccc3Cl)CC2)nc(C(C)C)n1. The van der Waals surface area contributed by atoms with Gasteiger partial charge in [-0.15, -0.1) is 0 Å². The summed E-state index contributed by atoms with van der Waals surface area (Å²) in [5, 5.41) is 3.48. The maximum absolute atomic E-state index is 12.6. The van der Waals surface area contributed by atoms with E-state index >= 15 is 0 Å². The number of rotatable bonds is 5. The number of anilines is 2. The minimum absolute atomic E-state index is 0.0403. The topological polar surface area (TPSA) is 61.4 Å². The lowest BCUT2D eigenvalue weighted by molar-refractivity contribution is -0.120. The molecule has 7 heteroatoms. The van der Waals surface area contributed by atoms with Gasteiger partial charge in [-0.05, 0) is 26.0 Å². The van der Waals surface area contributed by atoms with Gasteiger partial charge in [0.2, 0.25) is 5.91 Å². The summed E-state index contributed by atoms with van der Waals surface area (Å²) < 4.78 is 0. The zero-order valence-electron chi connectivity index (χ0n) is 16.9. The molecule has 6 nitrogen and oxygen atoms in total. The number of halogens is 1. The van der Waals surface area contributed by atoms with E-state index in [1.807, 2.05) is 38.1 Å². The first-order chi connectivity index (χ1) is 13.3. The molecule has 1 aromatic heterocycles. The highest BCUT2D eigenvalue weighted by atomic mass is 35.5. The zero-order valence-corrected chi connectivity index (χ0v) is 17.7. The van der Waals surface area contributed by atoms with E-state index in [1.165, 1.54) is 0 Å². The minimum Gasteiger partial charge on any atom is -0.354 e. The van der Waals surface area contributed by atoms with Gasteiger partial charge in [0.1, 0.15) is 11.6 Å². The van der Waals surface area contributed by atoms with Gasteiger partial charge in [-0.1, -0.05) is 37.6 Å². The maximum atomic E-state index is 12.6. The third kappa shape index (κ3) is 4.80. The van der Waals surface area contributed by atoms with Crippen molar-refractivity contribution in [1.82, 2.24) is 14.9 Å². The van der Waals surface area contributed by atoms with Gasteiger partial charge in [0, 0.05) is 43.9 Å². The standard InChI is InChI=1S/C21H28ClN5O/c1-14(2)20-23-15(3)13-19(25-20)27-11-9-26(10-12-27)16(4)21(28)24-18-8-6-5-7-17(18)22/h5-8,13-14,16H,9-12H2,1-4H3,(H,24,28)/t16-/m1/s1. The van der Waals surface area contributed by atoms with E-state index in [0.717, 1.165) is 43.5 Å². The number of nitrogens with zero attached hydrogens (tertiary/aromatic N) is 4. The number of para-hydroxylation sites is 1. The van der Waals surface area contributed by atoms with Crippen molar-refractivity contribution in [1.29, 1.82) is 0 Å². The van der Waals surface area contributed by atoms with Crippen molar-refractivity contribution in [3.8, 4) is 0 Å². The van der Waals surface area contributed by atoms with Gasteiger partial charge in [-0.3, -0.25) is 9.69 Å². The summed E-state index contributed by atoms with van der Waals surface area (Å²) >= 11 is 6.15. The Morgan fingerprint density at radius 3 is 2.43 bits per heavy atom. The Kier molecular flexibility index (Phi) is 6.52. The Morgan fingerprint density at radius 1 is 1.11 bits per heavy atom. The number of aryl methyl sites for hydroxylation is 1. The lowest BCUT2D eigenvalue weighted by Gasteiger charge is -2.38. The number of nitrogens with one attached hydrogen (secondary N) is 1. The minimum atomic E-state index is -0.225. The van der Waals surface area contributed by atoms with E-state index in [-0.39, 0.29) is 11.9 Å². The Labute approximate surface area is 171 Å². The van der Waals surface area contributed by atoms with E-state index in [9.17, 15) is 4.79 Å². The molecule has 1 fully saturated rings. The van der Waals surface area contributed by atoms with Gasteiger partial charge in [0.15, 0.2) is 0 Å². The lowest BCUT2D eigenvalue weighted by Crippen LogP contribution is -2.53. The van der Waals surface area contributed by atoms with Gasteiger partial charge in [0.25, 0.3) is 0 Å². The van der Waals surface area contributed by atoms with Crippen molar-refractivity contribution in [2.45, 2.75) is 39.7 Å². The number of benzene rings is 1. The first kappa shape index (κ1) is 20.6. The van der Waals surface area contributed by atoms with Gasteiger partial charge in [-0.25, -0.2) is 9.97 Å². The summed E-state index contributed by atoms with van der Waals surface area (Å²) in [6, 6.07) is 9.11. The Hall–Kier alpha value is -2.18. The molecule has 1 atom stereocenters. The van der Waals surface area contributed by atoms with Crippen LogP contribution >= 0.6 is 11.6 Å². The molecule has 3 rings (SSSR count). The summed E-state index contributed by atoms with van der Waals surface area (Å²) in [5.41, 5.74) is 1.64. The second-order valence-electron chi connectivity index (χ2n) is 7.55. The van der Waals surface area contributed by atoms with E-state index < -0.39 is 0 Å². The molecule has 0 spiro atoms. The van der Waals surface area contributed by atoms with Crippen LogP contribution < -0.4 is 10.2 Å². The Bertz CT molecular complexity index is 833. The van der Waals surface area contributed by atoms with Crippen molar-refractivity contribution in [2.24, 2.45) is 0 Å². The molecule has 28 heavy (non-hydrogen) atoms. The molecule has 2 aromatic rings. The predicted octanol–water partition coefficient (Wildman–Crippen LogP) is 3.71. The van der Waals surface area contributed by atoms with Crippen LogP contribution in [0, 0.1) is 6.92 Å². The fourth-order valence-electron chi connectivity index (χ4n) is 3.30. The number of carbonyl (C=O) groups excluding carboxylic acids is 1. The highest BCUT2D eigenvalue weighted by Crippen LogP contribution is 2.22. The molecule has 1 saturated heterocycles. The molecule has 150 valence electrons. The van der Waals surface area contributed by atoms with Crippen molar-refractivity contribution in [2.75, 3.05) is 36.4 Å². The first-order valence-corrected chi connectivity index (χ1v) is 10.1. The number of aromatic nitrogens is 2. The average molecular weight is 402 g/mol. The highest BCUT2D eigenvalue weighted by Gasteiger charge is 2.26. The predicted molar refractivity (Wildman–Crippen MR) is 114 cm³/mol. The molecule has 0 bridgehead atoms. The molecule has 1 amide bonds. The van der Waals surface area contributed by atoms with Crippen molar-refractivity contribution >= 4 is 29.0 Å². The van der Waals surface area contributed by atoms with Crippen molar-refractivity contribution < 1.29 is 4.79 Å². The number of piperazine rings is 1. The monoisotopic (exact) mass is 401 g/mol. The smallest absolute Gasteiger partial charge is 0.241 e. The molecule has 1 aliphatic heterocycles. The van der Waals surface area contributed by atoms with Crippen LogP contribution in [0.2, 0.25) is 5.02 Å². The zero-order chi connectivity index (χ0) is 20.3. The van der Waals surface area contributed by atoms with Gasteiger partial charge in [0.05, 0.1) is 16.8 Å². The largest absolute Gasteiger partial charge is 0.354 e. The first-order valence-electron chi connectivity index (χ1n) is 9.75. The van der Waals surface area contributed by atoms with E-state index in [4.69, 9.17) is 16.6 Å². The number of carbonyl (C=O) groups is 1. The lowest BCUT2D eigenvalue weighted by atomic mass is 10.2. The molecular weight excluding hydrogens is 374 g/mol. The molecule has 0 saturated carbocycles. The Morgan fingerprint density at radius 2 is 1.79 bits per heavy atom. The molecule has 2 heterocycles. The molecule has 1 aliphatic rings. The normalized spacial score (nSPS) is 16.3. The molecule has 0 radical (unpaired) electrons. The van der Waals surface area contributed by atoms with Crippen LogP contribution in [-0.4, -0.2) is 53.0 Å². The van der Waals surface area contributed by atoms with Crippen LogP contribution in [0.25, 0.3) is 0 Å². The van der Waals surface area contributed by atoms with Crippen LogP contribution in [0.5, 0.6) is 0 Å². The van der Waals surface area contributed by atoms with Gasteiger partial charge in [-0.2, -0.15) is 0 Å². The summed E-state index contributed by atoms with van der Waals surface area (Å²) in [6.07, 6.45) is 0. The summed E-state index contributed by atoms with van der Waals surface area (Å²) in [5.74, 6) is 2.11. The second-order valence-corrected chi connectivity index (χ2v) is 7.96. The molecule has 1 N–H and O–H groups in total. The number of hydrogen-bond acceptors (Lipinski definition) is 5. The van der Waals surface area contributed by atoms with Crippen LogP contribution in [0.4, 0.5) is 11.5 Å². The second kappa shape index (κ2) is 8.88. The number of amides is 1. The summed E-state index contributed by atoms with van der Waals surface area (Å²) in [6.45, 7) is 11.4. The summed E-state index contributed by atoms with van der Waals surface area (Å²) in [7, 11) is 0. The van der Waals surface area contributed by atoms with E-state index in [1.54, 1.807) is 6.07 Å². The summed E-state index contributed by atoms with van der Waals surface area (Å²) in [4.78, 5) is 26.4. The fourth-order valence-corrected chi connectivity index (χ4v) is 3.48. The fraction of sp³-hybridized carbons (Fsp3) is 0.476. The van der Waals surface area contributed by atoms with Crippen LogP contribution in [0.3, 0.4) is 0 Å². The Balaban J connectivity index is 1.60. The quantitative estimate of drug-likeness (QED) is 0.827.